The van der Waals surface area contributed by atoms with Gasteiger partial charge in [0.05, 0.1) is 10.6 Å². The van der Waals surface area contributed by atoms with Crippen molar-refractivity contribution in [3.8, 4) is 0 Å². The van der Waals surface area contributed by atoms with Crippen LogP contribution in [0.1, 0.15) is 21.5 Å². The largest absolute Gasteiger partial charge is 0.326 e. The molecule has 3 nitrogen and oxygen atoms in total. The van der Waals surface area contributed by atoms with Gasteiger partial charge in [0.2, 0.25) is 0 Å². The molecule has 0 aromatic heterocycles. The highest BCUT2D eigenvalue weighted by molar-refractivity contribution is 6.35. The number of nitrogens with one attached hydrogen (secondary N) is 1. The molecular formula is C15H15ClN2O. The van der Waals surface area contributed by atoms with Gasteiger partial charge in [-0.1, -0.05) is 41.9 Å². The summed E-state index contributed by atoms with van der Waals surface area (Å²) in [4.78, 5) is 12.2. The number of hydrogen-bond donors (Lipinski definition) is 2. The number of rotatable bonds is 3. The maximum Gasteiger partial charge on any atom is 0.257 e. The van der Waals surface area contributed by atoms with Crippen molar-refractivity contribution in [3.05, 3.63) is 64.2 Å². The van der Waals surface area contributed by atoms with Crippen molar-refractivity contribution in [1.82, 2.24) is 0 Å². The van der Waals surface area contributed by atoms with E-state index in [2.05, 4.69) is 5.32 Å². The van der Waals surface area contributed by atoms with Crippen LogP contribution in [0.4, 0.5) is 5.69 Å². The van der Waals surface area contributed by atoms with E-state index in [9.17, 15) is 4.79 Å². The molecule has 0 saturated carbocycles. The van der Waals surface area contributed by atoms with Crippen molar-refractivity contribution in [2.75, 3.05) is 5.32 Å². The zero-order valence-electron chi connectivity index (χ0n) is 10.6. The zero-order valence-corrected chi connectivity index (χ0v) is 11.4. The predicted molar refractivity (Wildman–Crippen MR) is 78.5 cm³/mol. The molecule has 0 spiro atoms. The predicted octanol–water partition coefficient (Wildman–Crippen LogP) is 3.36. The van der Waals surface area contributed by atoms with E-state index >= 15 is 0 Å². The summed E-state index contributed by atoms with van der Waals surface area (Å²) in [7, 11) is 0. The molecule has 0 atom stereocenters. The molecule has 98 valence electrons. The van der Waals surface area contributed by atoms with Gasteiger partial charge >= 0.3 is 0 Å². The maximum absolute atomic E-state index is 12.2. The summed E-state index contributed by atoms with van der Waals surface area (Å²) < 4.78 is 0. The van der Waals surface area contributed by atoms with Crippen LogP contribution in [0.25, 0.3) is 0 Å². The van der Waals surface area contributed by atoms with Crippen molar-refractivity contribution in [1.29, 1.82) is 0 Å². The minimum absolute atomic E-state index is 0.227. The summed E-state index contributed by atoms with van der Waals surface area (Å²) >= 11 is 6.14. The first-order valence-corrected chi connectivity index (χ1v) is 6.35. The van der Waals surface area contributed by atoms with Gasteiger partial charge in [0.15, 0.2) is 0 Å². The summed E-state index contributed by atoms with van der Waals surface area (Å²) in [5.41, 5.74) is 8.59. The van der Waals surface area contributed by atoms with Gasteiger partial charge in [-0.3, -0.25) is 4.79 Å². The highest BCUT2D eigenvalue weighted by Gasteiger charge is 2.12. The molecule has 0 heterocycles. The van der Waals surface area contributed by atoms with Gasteiger partial charge < -0.3 is 11.1 Å². The van der Waals surface area contributed by atoms with Crippen LogP contribution in [0.3, 0.4) is 0 Å². The molecule has 0 aliphatic carbocycles. The van der Waals surface area contributed by atoms with Gasteiger partial charge in [0.25, 0.3) is 5.91 Å². The fourth-order valence-corrected chi connectivity index (χ4v) is 2.04. The summed E-state index contributed by atoms with van der Waals surface area (Å²) in [6.45, 7) is 2.24. The first-order chi connectivity index (χ1) is 9.13. The second-order valence-electron chi connectivity index (χ2n) is 4.25. The van der Waals surface area contributed by atoms with Crippen molar-refractivity contribution >= 4 is 23.2 Å². The van der Waals surface area contributed by atoms with E-state index in [1.165, 1.54) is 0 Å². The van der Waals surface area contributed by atoms with Crippen LogP contribution >= 0.6 is 11.6 Å². The molecule has 3 N–H and O–H groups in total. The Hall–Kier alpha value is -1.84. The Bertz CT molecular complexity index is 611. The van der Waals surface area contributed by atoms with Gasteiger partial charge in [0, 0.05) is 12.2 Å². The molecule has 0 aliphatic rings. The maximum atomic E-state index is 12.2. The highest BCUT2D eigenvalue weighted by Crippen LogP contribution is 2.22. The fraction of sp³-hybridized carbons (Fsp3) is 0.133. The van der Waals surface area contributed by atoms with Crippen LogP contribution in [0.2, 0.25) is 5.02 Å². The molecule has 4 heteroatoms. The lowest BCUT2D eigenvalue weighted by atomic mass is 10.1. The molecule has 0 saturated heterocycles. The number of aryl methyl sites for hydroxylation is 1. The third-order valence-electron chi connectivity index (χ3n) is 2.92. The highest BCUT2D eigenvalue weighted by atomic mass is 35.5. The summed E-state index contributed by atoms with van der Waals surface area (Å²) in [5.74, 6) is -0.227. The van der Waals surface area contributed by atoms with Gasteiger partial charge in [0.1, 0.15) is 0 Å². The summed E-state index contributed by atoms with van der Waals surface area (Å²) in [6.07, 6.45) is 0. The van der Waals surface area contributed by atoms with Crippen molar-refractivity contribution in [2.24, 2.45) is 5.73 Å². The minimum atomic E-state index is -0.227. The fourth-order valence-electron chi connectivity index (χ4n) is 1.83. The lowest BCUT2D eigenvalue weighted by Crippen LogP contribution is -2.15. The van der Waals surface area contributed by atoms with E-state index in [0.717, 1.165) is 11.1 Å². The Morgan fingerprint density at radius 2 is 1.95 bits per heavy atom. The number of carbonyl (C=O) groups excluding carboxylic acids is 1. The third kappa shape index (κ3) is 2.95. The molecule has 0 bridgehead atoms. The van der Waals surface area contributed by atoms with Gasteiger partial charge in [-0.15, -0.1) is 0 Å². The van der Waals surface area contributed by atoms with Crippen molar-refractivity contribution < 1.29 is 4.79 Å². The number of para-hydroxylation sites is 1. The lowest BCUT2D eigenvalue weighted by Gasteiger charge is -2.11. The zero-order chi connectivity index (χ0) is 13.8. The number of benzene rings is 2. The quantitative estimate of drug-likeness (QED) is 0.902. The molecule has 1 amide bonds. The standard InChI is InChI=1S/C15H15ClN2O/c1-10-5-4-7-12(14(10)16)15(19)18-13-8-3-2-6-11(13)9-17/h2-8H,9,17H2,1H3,(H,18,19). The van der Waals surface area contributed by atoms with E-state index in [4.69, 9.17) is 17.3 Å². The second-order valence-corrected chi connectivity index (χ2v) is 4.63. The van der Waals surface area contributed by atoms with E-state index in [-0.39, 0.29) is 5.91 Å². The Morgan fingerprint density at radius 3 is 2.68 bits per heavy atom. The SMILES string of the molecule is Cc1cccc(C(=O)Nc2ccccc2CN)c1Cl. The average Bonchev–Trinajstić information content (AvgIpc) is 2.42. The summed E-state index contributed by atoms with van der Waals surface area (Å²) in [6, 6.07) is 12.8. The Balaban J connectivity index is 2.28. The van der Waals surface area contributed by atoms with E-state index in [1.807, 2.05) is 43.3 Å². The topological polar surface area (TPSA) is 55.1 Å². The van der Waals surface area contributed by atoms with Crippen LogP contribution in [0, 0.1) is 6.92 Å². The normalized spacial score (nSPS) is 10.3. The number of halogens is 1. The van der Waals surface area contributed by atoms with E-state index < -0.39 is 0 Å². The van der Waals surface area contributed by atoms with Gasteiger partial charge in [-0.2, -0.15) is 0 Å². The molecular weight excluding hydrogens is 260 g/mol. The molecule has 0 fully saturated rings. The Labute approximate surface area is 117 Å². The molecule has 2 rings (SSSR count). The monoisotopic (exact) mass is 274 g/mol. The van der Waals surface area contributed by atoms with Crippen LogP contribution in [-0.4, -0.2) is 5.91 Å². The van der Waals surface area contributed by atoms with E-state index in [1.54, 1.807) is 6.07 Å². The van der Waals surface area contributed by atoms with Crippen molar-refractivity contribution in [3.63, 3.8) is 0 Å². The number of amides is 1. The minimum Gasteiger partial charge on any atom is -0.326 e. The van der Waals surface area contributed by atoms with Crippen LogP contribution in [0.5, 0.6) is 0 Å². The number of carbonyl (C=O) groups is 1. The first kappa shape index (κ1) is 13.6. The Kier molecular flexibility index (Phi) is 4.20. The first-order valence-electron chi connectivity index (χ1n) is 5.98. The molecule has 2 aromatic rings. The van der Waals surface area contributed by atoms with Gasteiger partial charge in [-0.25, -0.2) is 0 Å². The number of nitrogens with two attached hydrogens (primary N) is 1. The van der Waals surface area contributed by atoms with E-state index in [0.29, 0.717) is 22.8 Å². The molecule has 2 aromatic carbocycles. The smallest absolute Gasteiger partial charge is 0.257 e. The molecule has 0 unspecified atom stereocenters. The summed E-state index contributed by atoms with van der Waals surface area (Å²) in [5, 5.41) is 3.32. The van der Waals surface area contributed by atoms with Crippen molar-refractivity contribution in [2.45, 2.75) is 13.5 Å². The number of hydrogen-bond acceptors (Lipinski definition) is 2. The second kappa shape index (κ2) is 5.87. The Morgan fingerprint density at radius 1 is 1.21 bits per heavy atom. The molecule has 0 aliphatic heterocycles. The lowest BCUT2D eigenvalue weighted by molar-refractivity contribution is 0.102. The number of anilines is 1. The molecule has 0 radical (unpaired) electrons. The van der Waals surface area contributed by atoms with Crippen LogP contribution in [0.15, 0.2) is 42.5 Å². The molecule has 19 heavy (non-hydrogen) atoms. The van der Waals surface area contributed by atoms with Crippen LogP contribution in [-0.2, 0) is 6.54 Å². The average molecular weight is 275 g/mol. The third-order valence-corrected chi connectivity index (χ3v) is 3.42. The van der Waals surface area contributed by atoms with Gasteiger partial charge in [-0.05, 0) is 30.2 Å². The van der Waals surface area contributed by atoms with Crippen LogP contribution < -0.4 is 11.1 Å².